The Morgan fingerprint density at radius 1 is 1.47 bits per heavy atom. The van der Waals surface area contributed by atoms with E-state index in [1.54, 1.807) is 18.3 Å². The minimum atomic E-state index is 0.226. The van der Waals surface area contributed by atoms with Crippen LogP contribution in [-0.4, -0.2) is 22.5 Å². The van der Waals surface area contributed by atoms with Crippen LogP contribution >= 0.6 is 11.8 Å². The molecule has 17 heavy (non-hydrogen) atoms. The van der Waals surface area contributed by atoms with Crippen molar-refractivity contribution in [3.8, 4) is 6.07 Å². The molecule has 1 aromatic heterocycles. The van der Waals surface area contributed by atoms with E-state index in [4.69, 9.17) is 5.26 Å². The van der Waals surface area contributed by atoms with Gasteiger partial charge in [-0.15, -0.1) is 0 Å². The number of pyridine rings is 1. The number of anilines is 1. The molecule has 0 aliphatic carbocycles. The van der Waals surface area contributed by atoms with Gasteiger partial charge in [-0.3, -0.25) is 0 Å². The molecule has 0 amide bonds. The first-order valence-electron chi connectivity index (χ1n) is 5.85. The Hall–Kier alpha value is -1.21. The van der Waals surface area contributed by atoms with Gasteiger partial charge in [0, 0.05) is 17.5 Å². The molecule has 0 saturated heterocycles. The Kier molecular flexibility index (Phi) is 5.30. The molecule has 0 aromatic carbocycles. The minimum absolute atomic E-state index is 0.226. The first kappa shape index (κ1) is 13.9. The number of hydrogen-bond donors (Lipinski definition) is 1. The summed E-state index contributed by atoms with van der Waals surface area (Å²) in [7, 11) is 0. The quantitative estimate of drug-likeness (QED) is 0.840. The van der Waals surface area contributed by atoms with E-state index in [0.717, 1.165) is 19.4 Å². The van der Waals surface area contributed by atoms with E-state index in [2.05, 4.69) is 36.5 Å². The molecule has 1 N–H and O–H groups in total. The van der Waals surface area contributed by atoms with Gasteiger partial charge in [0.1, 0.15) is 11.9 Å². The van der Waals surface area contributed by atoms with Crippen molar-refractivity contribution in [1.82, 2.24) is 4.98 Å². The molecule has 4 heteroatoms. The lowest BCUT2D eigenvalue weighted by molar-refractivity contribution is 0.574. The number of aromatic nitrogens is 1. The van der Waals surface area contributed by atoms with Gasteiger partial charge in [-0.1, -0.05) is 13.8 Å². The van der Waals surface area contributed by atoms with E-state index >= 15 is 0 Å². The number of thioether (sulfide) groups is 1. The van der Waals surface area contributed by atoms with E-state index in [1.807, 2.05) is 11.8 Å². The van der Waals surface area contributed by atoms with Crippen LogP contribution in [0.15, 0.2) is 18.3 Å². The largest absolute Gasteiger partial charge is 0.368 e. The molecule has 0 saturated carbocycles. The summed E-state index contributed by atoms with van der Waals surface area (Å²) < 4.78 is 0.226. The summed E-state index contributed by atoms with van der Waals surface area (Å²) in [5, 5.41) is 12.3. The van der Waals surface area contributed by atoms with Crippen molar-refractivity contribution in [2.45, 2.75) is 31.4 Å². The number of nitriles is 1. The fraction of sp³-hybridized carbons (Fsp3) is 0.538. The van der Waals surface area contributed by atoms with Gasteiger partial charge in [-0.2, -0.15) is 17.0 Å². The summed E-state index contributed by atoms with van der Waals surface area (Å²) in [6, 6.07) is 5.72. The minimum Gasteiger partial charge on any atom is -0.368 e. The van der Waals surface area contributed by atoms with Crippen LogP contribution < -0.4 is 5.32 Å². The molecule has 0 aliphatic rings. The second kappa shape index (κ2) is 6.51. The average Bonchev–Trinajstić information content (AvgIpc) is 2.41. The summed E-state index contributed by atoms with van der Waals surface area (Å²) in [6.07, 6.45) is 6.05. The van der Waals surface area contributed by atoms with Gasteiger partial charge in [0.05, 0.1) is 5.56 Å². The zero-order valence-electron chi connectivity index (χ0n) is 10.7. The fourth-order valence-corrected chi connectivity index (χ4v) is 2.54. The molecule has 3 nitrogen and oxygen atoms in total. The molecule has 0 fully saturated rings. The predicted octanol–water partition coefficient (Wildman–Crippen LogP) is 3.29. The number of nitrogens with one attached hydrogen (secondary N) is 1. The molecule has 0 atom stereocenters. The van der Waals surface area contributed by atoms with Crippen LogP contribution in [-0.2, 0) is 0 Å². The first-order valence-corrected chi connectivity index (χ1v) is 7.08. The van der Waals surface area contributed by atoms with E-state index in [1.165, 1.54) is 0 Å². The van der Waals surface area contributed by atoms with Gasteiger partial charge in [0.2, 0.25) is 0 Å². The Morgan fingerprint density at radius 2 is 2.18 bits per heavy atom. The molecule has 0 unspecified atom stereocenters. The van der Waals surface area contributed by atoms with Gasteiger partial charge in [0.25, 0.3) is 0 Å². The number of nitrogens with zero attached hydrogens (tertiary/aromatic N) is 2. The summed E-state index contributed by atoms with van der Waals surface area (Å²) in [5.41, 5.74) is 0.606. The van der Waals surface area contributed by atoms with E-state index in [-0.39, 0.29) is 4.75 Å². The lowest BCUT2D eigenvalue weighted by Crippen LogP contribution is -2.32. The Bertz CT molecular complexity index is 386. The Morgan fingerprint density at radius 3 is 2.71 bits per heavy atom. The number of rotatable bonds is 6. The monoisotopic (exact) mass is 249 g/mol. The summed E-state index contributed by atoms with van der Waals surface area (Å²) in [5.74, 6) is 0.690. The predicted molar refractivity (Wildman–Crippen MR) is 74.3 cm³/mol. The first-order chi connectivity index (χ1) is 8.21. The van der Waals surface area contributed by atoms with Crippen LogP contribution in [0, 0.1) is 11.3 Å². The highest BCUT2D eigenvalue weighted by Crippen LogP contribution is 2.30. The zero-order chi connectivity index (χ0) is 12.7. The van der Waals surface area contributed by atoms with Crippen LogP contribution in [0.1, 0.15) is 32.3 Å². The van der Waals surface area contributed by atoms with Crippen molar-refractivity contribution in [3.63, 3.8) is 0 Å². The smallest absolute Gasteiger partial charge is 0.143 e. The van der Waals surface area contributed by atoms with Gasteiger partial charge >= 0.3 is 0 Å². The normalized spacial score (nSPS) is 10.9. The van der Waals surface area contributed by atoms with E-state index in [9.17, 15) is 0 Å². The Labute approximate surface area is 108 Å². The van der Waals surface area contributed by atoms with Crippen molar-refractivity contribution in [2.24, 2.45) is 0 Å². The zero-order valence-corrected chi connectivity index (χ0v) is 11.5. The van der Waals surface area contributed by atoms with Crippen LogP contribution in [0.4, 0.5) is 5.82 Å². The lowest BCUT2D eigenvalue weighted by Gasteiger charge is -2.30. The Balaban J connectivity index is 2.76. The van der Waals surface area contributed by atoms with Crippen LogP contribution in [0.2, 0.25) is 0 Å². The third-order valence-electron chi connectivity index (χ3n) is 3.23. The molecular formula is C13H19N3S. The molecular weight excluding hydrogens is 230 g/mol. The second-order valence-corrected chi connectivity index (χ2v) is 5.23. The molecule has 1 aromatic rings. The average molecular weight is 249 g/mol. The number of hydrogen-bond acceptors (Lipinski definition) is 4. The molecule has 0 aliphatic heterocycles. The van der Waals surface area contributed by atoms with E-state index in [0.29, 0.717) is 11.4 Å². The molecule has 0 spiro atoms. The van der Waals surface area contributed by atoms with Gasteiger partial charge in [-0.25, -0.2) is 4.98 Å². The van der Waals surface area contributed by atoms with Crippen molar-refractivity contribution in [3.05, 3.63) is 23.9 Å². The van der Waals surface area contributed by atoms with Crippen LogP contribution in [0.5, 0.6) is 0 Å². The van der Waals surface area contributed by atoms with E-state index < -0.39 is 0 Å². The molecule has 0 radical (unpaired) electrons. The van der Waals surface area contributed by atoms with Gasteiger partial charge in [0.15, 0.2) is 0 Å². The summed E-state index contributed by atoms with van der Waals surface area (Å²) in [6.45, 7) is 5.24. The van der Waals surface area contributed by atoms with Gasteiger partial charge in [-0.05, 0) is 31.2 Å². The highest BCUT2D eigenvalue weighted by Gasteiger charge is 2.24. The maximum Gasteiger partial charge on any atom is 0.143 e. The standard InChI is InChI=1S/C13H19N3S/c1-4-13(5-2,17-3)10-16-12-11(9-14)7-6-8-15-12/h6-8H,4-5,10H2,1-3H3,(H,15,16). The lowest BCUT2D eigenvalue weighted by atomic mass is 10.0. The molecule has 92 valence electrons. The topological polar surface area (TPSA) is 48.7 Å². The van der Waals surface area contributed by atoms with Crippen molar-refractivity contribution < 1.29 is 0 Å². The third kappa shape index (κ3) is 3.37. The van der Waals surface area contributed by atoms with Crippen molar-refractivity contribution in [1.29, 1.82) is 5.26 Å². The van der Waals surface area contributed by atoms with Crippen molar-refractivity contribution in [2.75, 3.05) is 18.1 Å². The third-order valence-corrected chi connectivity index (χ3v) is 4.82. The van der Waals surface area contributed by atoms with Crippen LogP contribution in [0.3, 0.4) is 0 Å². The fourth-order valence-electron chi connectivity index (χ4n) is 1.74. The second-order valence-electron chi connectivity index (χ2n) is 3.96. The molecule has 1 heterocycles. The highest BCUT2D eigenvalue weighted by atomic mass is 32.2. The molecule has 1 rings (SSSR count). The molecule has 0 bridgehead atoms. The summed E-state index contributed by atoms with van der Waals surface area (Å²) in [4.78, 5) is 4.21. The summed E-state index contributed by atoms with van der Waals surface area (Å²) >= 11 is 1.88. The van der Waals surface area contributed by atoms with Gasteiger partial charge < -0.3 is 5.32 Å². The van der Waals surface area contributed by atoms with Crippen molar-refractivity contribution >= 4 is 17.6 Å². The van der Waals surface area contributed by atoms with Crippen LogP contribution in [0.25, 0.3) is 0 Å². The maximum absolute atomic E-state index is 8.98. The highest BCUT2D eigenvalue weighted by molar-refractivity contribution is 8.00. The SMILES string of the molecule is CCC(CC)(CNc1ncccc1C#N)SC. The maximum atomic E-state index is 8.98.